The van der Waals surface area contributed by atoms with Crippen molar-refractivity contribution in [2.45, 2.75) is 19.3 Å². The van der Waals surface area contributed by atoms with E-state index < -0.39 is 0 Å². The Morgan fingerprint density at radius 1 is 0.294 bits per heavy atom. The van der Waals surface area contributed by atoms with Gasteiger partial charge in [-0.15, -0.1) is 0 Å². The molecular formula is C48H35N3. The lowest BCUT2D eigenvalue weighted by Crippen LogP contribution is -2.14. The van der Waals surface area contributed by atoms with E-state index in [1.807, 2.05) is 12.1 Å². The predicted molar refractivity (Wildman–Crippen MR) is 210 cm³/mol. The second-order valence-corrected chi connectivity index (χ2v) is 13.7. The van der Waals surface area contributed by atoms with Crippen LogP contribution in [0.25, 0.3) is 78.7 Å². The molecule has 1 aromatic heterocycles. The molecule has 0 bridgehead atoms. The van der Waals surface area contributed by atoms with Gasteiger partial charge in [-0.1, -0.05) is 166 Å². The van der Waals surface area contributed by atoms with Crippen molar-refractivity contribution in [3.8, 4) is 78.7 Å². The lowest BCUT2D eigenvalue weighted by Gasteiger charge is -2.21. The van der Waals surface area contributed by atoms with Crippen molar-refractivity contribution >= 4 is 0 Å². The summed E-state index contributed by atoms with van der Waals surface area (Å²) in [4.78, 5) is 15.4. The smallest absolute Gasteiger partial charge is 0.164 e. The van der Waals surface area contributed by atoms with Crippen LogP contribution in [0.5, 0.6) is 0 Å². The van der Waals surface area contributed by atoms with Gasteiger partial charge in [0.2, 0.25) is 0 Å². The zero-order valence-corrected chi connectivity index (χ0v) is 28.6. The summed E-state index contributed by atoms with van der Waals surface area (Å²) in [5, 5.41) is 0. The van der Waals surface area contributed by atoms with Crippen molar-refractivity contribution in [1.29, 1.82) is 0 Å². The minimum atomic E-state index is -0.0282. The molecule has 7 aromatic carbocycles. The maximum absolute atomic E-state index is 5.13. The monoisotopic (exact) mass is 653 g/mol. The van der Waals surface area contributed by atoms with Crippen molar-refractivity contribution in [2.24, 2.45) is 0 Å². The van der Waals surface area contributed by atoms with Gasteiger partial charge >= 0.3 is 0 Å². The quantitative estimate of drug-likeness (QED) is 0.179. The lowest BCUT2D eigenvalue weighted by atomic mass is 9.82. The molecule has 0 saturated heterocycles. The highest BCUT2D eigenvalue weighted by molar-refractivity contribution is 5.85. The molecule has 8 aromatic rings. The summed E-state index contributed by atoms with van der Waals surface area (Å²) in [5.41, 5.74) is 15.0. The van der Waals surface area contributed by atoms with Crippen LogP contribution in [0.15, 0.2) is 176 Å². The third-order valence-electron chi connectivity index (χ3n) is 10.1. The number of hydrogen-bond donors (Lipinski definition) is 0. The summed E-state index contributed by atoms with van der Waals surface area (Å²) < 4.78 is 0. The van der Waals surface area contributed by atoms with E-state index in [0.29, 0.717) is 17.5 Å². The van der Waals surface area contributed by atoms with Crippen LogP contribution in [0, 0.1) is 0 Å². The van der Waals surface area contributed by atoms with E-state index in [-0.39, 0.29) is 5.41 Å². The van der Waals surface area contributed by atoms with Gasteiger partial charge in [-0.25, -0.2) is 15.0 Å². The molecule has 242 valence electrons. The molecule has 0 saturated carbocycles. The number of hydrogen-bond acceptors (Lipinski definition) is 3. The first-order valence-corrected chi connectivity index (χ1v) is 17.4. The van der Waals surface area contributed by atoms with E-state index in [0.717, 1.165) is 44.5 Å². The van der Waals surface area contributed by atoms with Crippen molar-refractivity contribution in [1.82, 2.24) is 15.0 Å². The standard InChI is InChI=1S/C48H35N3/c1-48(2)43-25-10-9-24-41(43)42-31-37(26-27-44(42)48)36-20-13-23-40(30-36)47-50-45(38-21-11-18-34(28-38)32-14-5-3-6-15-32)49-46(51-47)39-22-12-19-35(29-39)33-16-7-4-8-17-33/h3-31H,1-2H3. The zero-order chi connectivity index (χ0) is 34.4. The first kappa shape index (κ1) is 30.6. The summed E-state index contributed by atoms with van der Waals surface area (Å²) >= 11 is 0. The fourth-order valence-corrected chi connectivity index (χ4v) is 7.44. The summed E-state index contributed by atoms with van der Waals surface area (Å²) in [6.45, 7) is 4.64. The Bertz CT molecular complexity index is 2450. The highest BCUT2D eigenvalue weighted by atomic mass is 15.0. The van der Waals surface area contributed by atoms with E-state index in [1.165, 1.54) is 27.8 Å². The number of aromatic nitrogens is 3. The highest BCUT2D eigenvalue weighted by Gasteiger charge is 2.35. The lowest BCUT2D eigenvalue weighted by molar-refractivity contribution is 0.660. The SMILES string of the molecule is CC1(C)c2ccccc2-c2cc(-c3cccc(-c4nc(-c5cccc(-c6ccccc6)c5)nc(-c5cccc(-c6ccccc6)c5)n4)c3)ccc21. The number of rotatable bonds is 6. The average molecular weight is 654 g/mol. The Morgan fingerprint density at radius 2 is 0.667 bits per heavy atom. The van der Waals surface area contributed by atoms with Gasteiger partial charge in [0, 0.05) is 22.1 Å². The minimum absolute atomic E-state index is 0.0282. The van der Waals surface area contributed by atoms with Gasteiger partial charge in [-0.2, -0.15) is 0 Å². The van der Waals surface area contributed by atoms with E-state index in [9.17, 15) is 0 Å². The molecule has 3 nitrogen and oxygen atoms in total. The minimum Gasteiger partial charge on any atom is -0.208 e. The fraction of sp³-hybridized carbons (Fsp3) is 0.0625. The third kappa shape index (κ3) is 5.63. The molecule has 0 N–H and O–H groups in total. The molecule has 1 heterocycles. The molecule has 0 aliphatic heterocycles. The van der Waals surface area contributed by atoms with Crippen molar-refractivity contribution in [3.63, 3.8) is 0 Å². The molecule has 0 fully saturated rings. The van der Waals surface area contributed by atoms with Crippen LogP contribution >= 0.6 is 0 Å². The second-order valence-electron chi connectivity index (χ2n) is 13.7. The van der Waals surface area contributed by atoms with Gasteiger partial charge in [0.15, 0.2) is 17.5 Å². The highest BCUT2D eigenvalue weighted by Crippen LogP contribution is 2.49. The summed E-state index contributed by atoms with van der Waals surface area (Å²) in [5.74, 6) is 1.92. The second kappa shape index (κ2) is 12.5. The van der Waals surface area contributed by atoms with Crippen LogP contribution in [0.2, 0.25) is 0 Å². The molecular weight excluding hydrogens is 619 g/mol. The van der Waals surface area contributed by atoms with Gasteiger partial charge in [-0.05, 0) is 79.9 Å². The van der Waals surface area contributed by atoms with Crippen molar-refractivity contribution in [3.05, 3.63) is 187 Å². The summed E-state index contributed by atoms with van der Waals surface area (Å²) in [6.07, 6.45) is 0. The summed E-state index contributed by atoms with van der Waals surface area (Å²) in [6, 6.07) is 62.0. The Morgan fingerprint density at radius 3 is 1.18 bits per heavy atom. The Balaban J connectivity index is 1.17. The normalized spacial score (nSPS) is 12.7. The first-order chi connectivity index (χ1) is 25.0. The van der Waals surface area contributed by atoms with Crippen LogP contribution < -0.4 is 0 Å². The molecule has 1 aliphatic rings. The van der Waals surface area contributed by atoms with Crippen LogP contribution in [-0.2, 0) is 5.41 Å². The molecule has 1 aliphatic carbocycles. The zero-order valence-electron chi connectivity index (χ0n) is 28.6. The van der Waals surface area contributed by atoms with E-state index in [2.05, 4.69) is 178 Å². The maximum Gasteiger partial charge on any atom is 0.164 e. The fourth-order valence-electron chi connectivity index (χ4n) is 7.44. The van der Waals surface area contributed by atoms with Gasteiger partial charge in [0.25, 0.3) is 0 Å². The topological polar surface area (TPSA) is 38.7 Å². The predicted octanol–water partition coefficient (Wildman–Crippen LogP) is 12.2. The molecule has 9 rings (SSSR count). The van der Waals surface area contributed by atoms with Gasteiger partial charge in [0.05, 0.1) is 0 Å². The Labute approximate surface area is 299 Å². The van der Waals surface area contributed by atoms with E-state index >= 15 is 0 Å². The molecule has 0 radical (unpaired) electrons. The van der Waals surface area contributed by atoms with Gasteiger partial charge in [-0.3, -0.25) is 0 Å². The average Bonchev–Trinajstić information content (AvgIpc) is 3.44. The van der Waals surface area contributed by atoms with Gasteiger partial charge in [0.1, 0.15) is 0 Å². The van der Waals surface area contributed by atoms with Gasteiger partial charge < -0.3 is 0 Å². The van der Waals surface area contributed by atoms with Crippen molar-refractivity contribution in [2.75, 3.05) is 0 Å². The number of nitrogens with zero attached hydrogens (tertiary/aromatic N) is 3. The summed E-state index contributed by atoms with van der Waals surface area (Å²) in [7, 11) is 0. The van der Waals surface area contributed by atoms with E-state index in [4.69, 9.17) is 15.0 Å². The largest absolute Gasteiger partial charge is 0.208 e. The van der Waals surface area contributed by atoms with Crippen molar-refractivity contribution < 1.29 is 0 Å². The molecule has 3 heteroatoms. The maximum atomic E-state index is 5.13. The molecule has 0 unspecified atom stereocenters. The molecule has 0 spiro atoms. The molecule has 0 atom stereocenters. The number of fused-ring (bicyclic) bond motifs is 3. The third-order valence-corrected chi connectivity index (χ3v) is 10.1. The Kier molecular flexibility index (Phi) is 7.48. The van der Waals surface area contributed by atoms with Crippen LogP contribution in [0.3, 0.4) is 0 Å². The van der Waals surface area contributed by atoms with Crippen LogP contribution in [0.1, 0.15) is 25.0 Å². The first-order valence-electron chi connectivity index (χ1n) is 17.4. The van der Waals surface area contributed by atoms with Crippen LogP contribution in [-0.4, -0.2) is 15.0 Å². The Hall–Kier alpha value is -6.45. The molecule has 0 amide bonds. The van der Waals surface area contributed by atoms with E-state index in [1.54, 1.807) is 0 Å². The number of benzene rings is 7. The molecule has 51 heavy (non-hydrogen) atoms. The van der Waals surface area contributed by atoms with Crippen LogP contribution in [0.4, 0.5) is 0 Å².